The van der Waals surface area contributed by atoms with E-state index in [0.717, 1.165) is 0 Å². The Kier molecular flexibility index (Phi) is 26.9. The third kappa shape index (κ3) is 15.8. The molecule has 7 rings (SSSR count). The van der Waals surface area contributed by atoms with Gasteiger partial charge in [0.2, 0.25) is 0 Å². The lowest BCUT2D eigenvalue weighted by molar-refractivity contribution is -0.406. The van der Waals surface area contributed by atoms with Crippen molar-refractivity contribution in [3.8, 4) is 0 Å². The number of hydrogen-bond donors (Lipinski definition) is 22. The average molecular weight is 1260 g/mol. The van der Waals surface area contributed by atoms with Crippen molar-refractivity contribution in [3.63, 3.8) is 0 Å². The van der Waals surface area contributed by atoms with Gasteiger partial charge < -0.3 is 179 Å². The highest BCUT2D eigenvalue weighted by Crippen LogP contribution is 2.38. The fraction of sp³-hybridized carbons (Fsp3) is 1.00. The van der Waals surface area contributed by atoms with E-state index in [1.54, 1.807) is 0 Å². The minimum atomic E-state index is -2.24. The lowest BCUT2D eigenvalue weighted by Crippen LogP contribution is -2.68. The van der Waals surface area contributed by atoms with Crippen LogP contribution in [-0.2, 0) is 66.3 Å². The molecule has 39 nitrogen and oxygen atoms in total. The van der Waals surface area contributed by atoms with E-state index in [-0.39, 0.29) is 19.6 Å². The molecule has 7 fully saturated rings. The third-order valence-corrected chi connectivity index (χ3v) is 15.8. The monoisotopic (exact) mass is 1260 g/mol. The number of azide groups is 1. The molecule has 0 saturated carbocycles. The van der Waals surface area contributed by atoms with E-state index in [2.05, 4.69) is 10.0 Å². The lowest BCUT2D eigenvalue weighted by Gasteiger charge is -2.50. The highest BCUT2D eigenvalue weighted by atomic mass is 16.8. The van der Waals surface area contributed by atoms with E-state index in [1.807, 2.05) is 0 Å². The second-order valence-corrected chi connectivity index (χ2v) is 21.5. The van der Waals surface area contributed by atoms with E-state index >= 15 is 0 Å². The van der Waals surface area contributed by atoms with Crippen LogP contribution < -0.4 is 0 Å². The van der Waals surface area contributed by atoms with E-state index in [1.165, 1.54) is 0 Å². The molecule has 0 unspecified atom stereocenters. The Morgan fingerprint density at radius 3 is 0.977 bits per heavy atom. The molecular formula is C47H81N3O36. The van der Waals surface area contributed by atoms with Gasteiger partial charge >= 0.3 is 0 Å². The first-order chi connectivity index (χ1) is 41.0. The summed E-state index contributed by atoms with van der Waals surface area (Å²) in [4.78, 5) is 2.69. The maximum atomic E-state index is 12.1. The second-order valence-electron chi connectivity index (χ2n) is 21.5. The molecule has 0 aromatic rings. The van der Waals surface area contributed by atoms with Crippen LogP contribution in [0.4, 0.5) is 0 Å². The van der Waals surface area contributed by atoms with Crippen molar-refractivity contribution in [2.75, 3.05) is 59.4 Å². The molecule has 0 amide bonds. The van der Waals surface area contributed by atoms with Crippen molar-refractivity contribution in [1.82, 2.24) is 0 Å². The average Bonchev–Trinajstić information content (AvgIpc) is 1.02. The topological polar surface area (TPSA) is 623 Å². The van der Waals surface area contributed by atoms with E-state index in [0.29, 0.717) is 12.8 Å². The predicted octanol–water partition coefficient (Wildman–Crippen LogP) is -13.8. The molecule has 0 radical (unpaired) electrons. The molecule has 35 atom stereocenters. The first-order valence-corrected chi connectivity index (χ1v) is 27.6. The van der Waals surface area contributed by atoms with Crippen molar-refractivity contribution < 1.29 is 179 Å². The number of aliphatic hydroxyl groups excluding tert-OH is 22. The second kappa shape index (κ2) is 32.4. The lowest BCUT2D eigenvalue weighted by atomic mass is 9.95. The van der Waals surface area contributed by atoms with Gasteiger partial charge in [-0.05, 0) is 18.4 Å². The van der Waals surface area contributed by atoms with E-state index in [4.69, 9.17) is 71.8 Å². The molecule has 0 aromatic carbocycles. The van der Waals surface area contributed by atoms with Crippen molar-refractivity contribution >= 4 is 0 Å². The number of hydrogen-bond acceptors (Lipinski definition) is 37. The highest BCUT2D eigenvalue weighted by molar-refractivity contribution is 5.00. The molecule has 0 aliphatic carbocycles. The zero-order chi connectivity index (χ0) is 63.0. The van der Waals surface area contributed by atoms with E-state index < -0.39 is 261 Å². The molecule has 500 valence electrons. The van der Waals surface area contributed by atoms with E-state index in [9.17, 15) is 112 Å². The summed E-state index contributed by atoms with van der Waals surface area (Å²) < 4.78 is 81.3. The fourth-order valence-corrected chi connectivity index (χ4v) is 10.6. The van der Waals surface area contributed by atoms with Crippen molar-refractivity contribution in [2.45, 2.75) is 234 Å². The first-order valence-electron chi connectivity index (χ1n) is 27.6. The summed E-state index contributed by atoms with van der Waals surface area (Å²) in [6.07, 6.45) is -68.7. The number of unbranched alkanes of at least 4 members (excludes halogenated alkanes) is 2. The van der Waals surface area contributed by atoms with Crippen LogP contribution in [0.1, 0.15) is 19.3 Å². The summed E-state index contributed by atoms with van der Waals surface area (Å²) >= 11 is 0. The van der Waals surface area contributed by atoms with Gasteiger partial charge in [-0.15, -0.1) is 0 Å². The van der Waals surface area contributed by atoms with Crippen molar-refractivity contribution in [1.29, 1.82) is 0 Å². The Labute approximate surface area is 487 Å². The minimum absolute atomic E-state index is 0.119. The molecule has 7 aliphatic rings. The minimum Gasteiger partial charge on any atom is -0.394 e. The Morgan fingerprint density at radius 1 is 0.291 bits per heavy atom. The molecular weight excluding hydrogens is 1180 g/mol. The van der Waals surface area contributed by atoms with Crippen LogP contribution in [0.15, 0.2) is 5.11 Å². The molecule has 7 aliphatic heterocycles. The van der Waals surface area contributed by atoms with Crippen molar-refractivity contribution in [3.05, 3.63) is 10.4 Å². The van der Waals surface area contributed by atoms with Crippen LogP contribution in [0.2, 0.25) is 0 Å². The summed E-state index contributed by atoms with van der Waals surface area (Å²) in [5.74, 6) is 0. The van der Waals surface area contributed by atoms with Crippen LogP contribution in [0.25, 0.3) is 10.4 Å². The Morgan fingerprint density at radius 2 is 0.605 bits per heavy atom. The first kappa shape index (κ1) is 71.3. The van der Waals surface area contributed by atoms with Gasteiger partial charge in [0.1, 0.15) is 171 Å². The van der Waals surface area contributed by atoms with Crippen LogP contribution in [0.5, 0.6) is 0 Å². The van der Waals surface area contributed by atoms with Gasteiger partial charge in [-0.1, -0.05) is 11.5 Å². The summed E-state index contributed by atoms with van der Waals surface area (Å²) in [6, 6.07) is 0. The summed E-state index contributed by atoms with van der Waals surface area (Å²) in [6.45, 7) is -6.96. The Bertz CT molecular complexity index is 2070. The maximum absolute atomic E-state index is 12.1. The van der Waals surface area contributed by atoms with Gasteiger partial charge in [0.25, 0.3) is 0 Å². The number of ether oxygens (including phenoxy) is 14. The largest absolute Gasteiger partial charge is 0.394 e. The standard InChI is InChI=1S/C47H81N3O36/c48-50-49-4-2-1-3-5-73-41-35(72)36(82-45-40(32(69)25(62)16(9-54)78-45)86-47-39(31(68)24(61)18(11-56)80-47)84-43-34(71)28(65)21(58)14(7-52)76-43)26(63)19(81-41)12-74-44-37(29(66)22(59)15(8-53)77-44)85-46-38(30(67)23(60)17(10-55)79-46)83-42-33(70)27(64)20(57)13(6-51)75-42/h13-47,51-72H,1-12H2/t13-,14-,15-,16-,17-,18-,19-,20-,21-,22-,23-,24-,25-,26-,27+,28+,29+,30+,31+,32+,33+,34+,35+,36+,37+,38+,39+,40+,41+,42-,43-,44+,45-,46-,47-/m1/s1. The summed E-state index contributed by atoms with van der Waals surface area (Å²) in [5.41, 5.74) is 8.67. The third-order valence-electron chi connectivity index (χ3n) is 15.8. The molecule has 39 heteroatoms. The Balaban J connectivity index is 1.16. The normalized spacial score (nSPS) is 49.5. The number of nitrogens with zero attached hydrogens (tertiary/aromatic N) is 3. The quantitative estimate of drug-likeness (QED) is 0.0165. The fourth-order valence-electron chi connectivity index (χ4n) is 10.6. The van der Waals surface area contributed by atoms with Gasteiger partial charge in [-0.3, -0.25) is 0 Å². The summed E-state index contributed by atoms with van der Waals surface area (Å²) in [5, 5.41) is 241. The van der Waals surface area contributed by atoms with Crippen LogP contribution >= 0.6 is 0 Å². The van der Waals surface area contributed by atoms with Gasteiger partial charge in [0.15, 0.2) is 44.0 Å². The Hall–Kier alpha value is -2.13. The number of rotatable bonds is 26. The molecule has 0 aromatic heterocycles. The van der Waals surface area contributed by atoms with Gasteiger partial charge in [0.05, 0.1) is 46.2 Å². The molecule has 0 spiro atoms. The zero-order valence-corrected chi connectivity index (χ0v) is 45.6. The zero-order valence-electron chi connectivity index (χ0n) is 45.6. The number of aliphatic hydroxyl groups is 22. The summed E-state index contributed by atoms with van der Waals surface area (Å²) in [7, 11) is 0. The maximum Gasteiger partial charge on any atom is 0.187 e. The van der Waals surface area contributed by atoms with Gasteiger partial charge in [-0.2, -0.15) is 0 Å². The highest BCUT2D eigenvalue weighted by Gasteiger charge is 2.58. The molecule has 7 saturated heterocycles. The van der Waals surface area contributed by atoms with Gasteiger partial charge in [0, 0.05) is 18.1 Å². The smallest absolute Gasteiger partial charge is 0.187 e. The predicted molar refractivity (Wildman–Crippen MR) is 263 cm³/mol. The SMILES string of the molecule is [N-]=[N+]=NCCCCCO[C@H]1O[C@H](CO[C@H]2O[C@H](CO)[C@@H](O)[C@H](O)[C@@H]2O[C@H]2O[C@H](CO)[C@@H](O)[C@H](O)[C@@H]2O[C@H]2O[C@H](CO)[C@@H](O)[C@H](O)[C@@H]2O)[C@@H](O)[C@H](O[C@H]2O[C@H](CO)[C@@H](O)[C@H](O)[C@@H]2O[C@H]2O[C@H](CO)[C@@H](O)[C@H](O)[C@@H]2O[C@H]2O[C@H](CO)[C@@H](O)[C@H](O)[C@@H]2O)[C@@H]1O. The van der Waals surface area contributed by atoms with Crippen molar-refractivity contribution in [2.24, 2.45) is 5.11 Å². The van der Waals surface area contributed by atoms with Crippen LogP contribution in [0, 0.1) is 0 Å². The molecule has 22 N–H and O–H groups in total. The van der Waals surface area contributed by atoms with Gasteiger partial charge in [-0.25, -0.2) is 0 Å². The molecule has 7 heterocycles. The van der Waals surface area contributed by atoms with Crippen LogP contribution in [-0.4, -0.2) is 387 Å². The molecule has 86 heavy (non-hydrogen) atoms. The van der Waals surface area contributed by atoms with Crippen LogP contribution in [0.3, 0.4) is 0 Å². The molecule has 0 bridgehead atoms.